The minimum atomic E-state index is -1.38. The number of aromatic carboxylic acids is 1. The average Bonchev–Trinajstić information content (AvgIpc) is 3.22. The number of hydrogen-bond acceptors (Lipinski definition) is 7. The minimum Gasteiger partial charge on any atom is -0.497 e. The summed E-state index contributed by atoms with van der Waals surface area (Å²) in [5, 5.41) is 15.5. The highest BCUT2D eigenvalue weighted by atomic mass is 16.5. The van der Waals surface area contributed by atoms with Gasteiger partial charge in [-0.3, -0.25) is 19.2 Å². The molecule has 55 heavy (non-hydrogen) atoms. The lowest BCUT2D eigenvalue weighted by Crippen LogP contribution is -2.49. The molecule has 5 rings (SSSR count). The molecule has 0 heterocycles. The van der Waals surface area contributed by atoms with E-state index in [4.69, 9.17) is 9.47 Å². The number of hydrogen-bond donors (Lipinski definition) is 3. The Balaban J connectivity index is 1.43. The standard InChI is InChI=1S/C43H42N4O8/c1-46(33-15-19-35(54-3)20-16-33)41(50)37(23-28-11-7-5-8-12-28)44-39(48)30-25-31(27-32(26-30)43(52)53)40(49)45-38(24-29-13-9-6-10-14-29)42(51)47(2)34-17-21-36(55-4)22-18-34/h5-22,25-27,37-38H,23-24H2,1-4H3,(H,44,48)(H,45,49)(H,52,53)/t37-,38?/m0/s1. The third-order valence-electron chi connectivity index (χ3n) is 9.06. The molecule has 0 saturated heterocycles. The highest BCUT2D eigenvalue weighted by Crippen LogP contribution is 2.22. The van der Waals surface area contributed by atoms with Crippen LogP contribution in [0, 0.1) is 0 Å². The van der Waals surface area contributed by atoms with E-state index in [1.807, 2.05) is 60.7 Å². The average molecular weight is 743 g/mol. The number of rotatable bonds is 15. The van der Waals surface area contributed by atoms with Crippen molar-refractivity contribution in [1.29, 1.82) is 0 Å². The molecular formula is C43H42N4O8. The van der Waals surface area contributed by atoms with Crippen LogP contribution in [0.25, 0.3) is 0 Å². The molecule has 2 atom stereocenters. The first-order chi connectivity index (χ1) is 26.5. The minimum absolute atomic E-state index is 0.128. The Labute approximate surface area is 319 Å². The molecule has 0 aromatic heterocycles. The Morgan fingerprint density at radius 3 is 1.22 bits per heavy atom. The van der Waals surface area contributed by atoms with Gasteiger partial charge in [0.15, 0.2) is 0 Å². The van der Waals surface area contributed by atoms with Gasteiger partial charge in [-0.25, -0.2) is 4.79 Å². The Kier molecular flexibility index (Phi) is 13.0. The largest absolute Gasteiger partial charge is 0.497 e. The van der Waals surface area contributed by atoms with Crippen LogP contribution in [-0.4, -0.2) is 75.1 Å². The Hall–Kier alpha value is -6.95. The fourth-order valence-corrected chi connectivity index (χ4v) is 5.93. The SMILES string of the molecule is COc1ccc(N(C)C(=O)C(Cc2ccccc2)NC(=O)c2cc(C(=O)O)cc(C(=O)N[C@@H](Cc3ccccc3)C(=O)N(C)c3ccc(OC)cc3)c2)cc1. The van der Waals surface area contributed by atoms with Crippen LogP contribution in [-0.2, 0) is 22.4 Å². The fourth-order valence-electron chi connectivity index (χ4n) is 5.93. The zero-order chi connectivity index (χ0) is 39.5. The second kappa shape index (κ2) is 18.2. The highest BCUT2D eigenvalue weighted by molar-refractivity contribution is 6.07. The third-order valence-corrected chi connectivity index (χ3v) is 9.06. The van der Waals surface area contributed by atoms with Crippen LogP contribution in [0.15, 0.2) is 127 Å². The predicted molar refractivity (Wildman–Crippen MR) is 209 cm³/mol. The van der Waals surface area contributed by atoms with Gasteiger partial charge in [0, 0.05) is 49.4 Å². The molecule has 0 spiro atoms. The molecule has 0 fully saturated rings. The van der Waals surface area contributed by atoms with Gasteiger partial charge in [0.05, 0.1) is 19.8 Å². The topological polar surface area (TPSA) is 155 Å². The van der Waals surface area contributed by atoms with Gasteiger partial charge in [-0.15, -0.1) is 0 Å². The van der Waals surface area contributed by atoms with Gasteiger partial charge in [0.1, 0.15) is 23.6 Å². The van der Waals surface area contributed by atoms with Crippen LogP contribution in [0.1, 0.15) is 42.2 Å². The number of carboxylic acids is 1. The maximum Gasteiger partial charge on any atom is 0.335 e. The molecule has 1 unspecified atom stereocenters. The number of amides is 4. The normalized spacial score (nSPS) is 11.7. The molecule has 5 aromatic carbocycles. The zero-order valence-corrected chi connectivity index (χ0v) is 30.9. The van der Waals surface area contributed by atoms with E-state index in [0.29, 0.717) is 22.9 Å². The van der Waals surface area contributed by atoms with Crippen molar-refractivity contribution < 1.29 is 38.6 Å². The molecule has 0 bridgehead atoms. The first-order valence-corrected chi connectivity index (χ1v) is 17.4. The first-order valence-electron chi connectivity index (χ1n) is 17.4. The number of ether oxygens (including phenoxy) is 2. The van der Waals surface area contributed by atoms with Gasteiger partial charge in [-0.2, -0.15) is 0 Å². The summed E-state index contributed by atoms with van der Waals surface area (Å²) in [6.45, 7) is 0. The predicted octanol–water partition coefficient (Wildman–Crippen LogP) is 5.41. The monoisotopic (exact) mass is 742 g/mol. The maximum atomic E-state index is 13.9. The number of nitrogens with zero attached hydrogens (tertiary/aromatic N) is 2. The molecule has 0 aliphatic heterocycles. The van der Waals surface area contributed by atoms with E-state index >= 15 is 0 Å². The van der Waals surface area contributed by atoms with Crippen LogP contribution in [0.4, 0.5) is 11.4 Å². The summed E-state index contributed by atoms with van der Waals surface area (Å²) in [7, 11) is 6.24. The molecule has 5 aromatic rings. The summed E-state index contributed by atoms with van der Waals surface area (Å²) in [5.74, 6) is -2.57. The fraction of sp³-hybridized carbons (Fsp3) is 0.186. The van der Waals surface area contributed by atoms with Crippen molar-refractivity contribution in [3.8, 4) is 11.5 Å². The molecule has 0 saturated carbocycles. The number of carbonyl (C=O) groups is 5. The lowest BCUT2D eigenvalue weighted by molar-refractivity contribution is -0.120. The third kappa shape index (κ3) is 10.1. The van der Waals surface area contributed by atoms with E-state index in [0.717, 1.165) is 23.3 Å². The van der Waals surface area contributed by atoms with Crippen molar-refractivity contribution in [2.75, 3.05) is 38.1 Å². The van der Waals surface area contributed by atoms with E-state index in [1.54, 1.807) is 62.6 Å². The number of carboxylic acid groups (broad SMARTS) is 1. The molecule has 0 radical (unpaired) electrons. The number of likely N-dealkylation sites (N-methyl/N-ethyl adjacent to an activating group) is 2. The molecule has 12 heteroatoms. The van der Waals surface area contributed by atoms with Gasteiger partial charge < -0.3 is 35.0 Å². The van der Waals surface area contributed by atoms with Crippen LogP contribution in [0.3, 0.4) is 0 Å². The molecule has 4 amide bonds. The van der Waals surface area contributed by atoms with Gasteiger partial charge in [-0.1, -0.05) is 60.7 Å². The maximum absolute atomic E-state index is 13.9. The molecule has 282 valence electrons. The molecule has 0 aliphatic rings. The lowest BCUT2D eigenvalue weighted by Gasteiger charge is -2.26. The Morgan fingerprint density at radius 1 is 0.545 bits per heavy atom. The van der Waals surface area contributed by atoms with Gasteiger partial charge >= 0.3 is 5.97 Å². The van der Waals surface area contributed by atoms with Crippen molar-refractivity contribution >= 4 is 41.0 Å². The first kappa shape index (κ1) is 39.3. The van der Waals surface area contributed by atoms with E-state index in [2.05, 4.69) is 10.6 Å². The lowest BCUT2D eigenvalue weighted by atomic mass is 10.0. The summed E-state index contributed by atoms with van der Waals surface area (Å²) >= 11 is 0. The second-order valence-electron chi connectivity index (χ2n) is 12.7. The molecule has 12 nitrogen and oxygen atoms in total. The molecule has 3 N–H and O–H groups in total. The Morgan fingerprint density at radius 2 is 0.891 bits per heavy atom. The molecular weight excluding hydrogens is 700 g/mol. The number of nitrogens with one attached hydrogen (secondary N) is 2. The van der Waals surface area contributed by atoms with Crippen molar-refractivity contribution in [3.05, 3.63) is 155 Å². The Bertz CT molecular complexity index is 1980. The van der Waals surface area contributed by atoms with Crippen LogP contribution >= 0.6 is 0 Å². The van der Waals surface area contributed by atoms with Crippen molar-refractivity contribution in [3.63, 3.8) is 0 Å². The van der Waals surface area contributed by atoms with E-state index in [9.17, 15) is 29.1 Å². The van der Waals surface area contributed by atoms with Crippen LogP contribution < -0.4 is 29.9 Å². The zero-order valence-electron chi connectivity index (χ0n) is 30.9. The van der Waals surface area contributed by atoms with E-state index in [1.165, 1.54) is 30.1 Å². The second-order valence-corrected chi connectivity index (χ2v) is 12.7. The van der Waals surface area contributed by atoms with Crippen LogP contribution in [0.2, 0.25) is 0 Å². The summed E-state index contributed by atoms with van der Waals surface area (Å²) in [6.07, 6.45) is 0.256. The van der Waals surface area contributed by atoms with E-state index < -0.39 is 41.7 Å². The summed E-state index contributed by atoms with van der Waals surface area (Å²) in [6, 6.07) is 33.3. The quantitative estimate of drug-likeness (QED) is 0.129. The van der Waals surface area contributed by atoms with Crippen molar-refractivity contribution in [2.45, 2.75) is 24.9 Å². The van der Waals surface area contributed by atoms with Crippen LogP contribution in [0.5, 0.6) is 11.5 Å². The van der Waals surface area contributed by atoms with Gasteiger partial charge in [0.25, 0.3) is 11.8 Å². The summed E-state index contributed by atoms with van der Waals surface area (Å²) in [4.78, 5) is 70.8. The van der Waals surface area contributed by atoms with Gasteiger partial charge in [-0.05, 0) is 77.9 Å². The number of carbonyl (C=O) groups excluding carboxylic acids is 4. The van der Waals surface area contributed by atoms with Crippen molar-refractivity contribution in [1.82, 2.24) is 10.6 Å². The smallest absolute Gasteiger partial charge is 0.335 e. The van der Waals surface area contributed by atoms with E-state index in [-0.39, 0.29) is 29.5 Å². The van der Waals surface area contributed by atoms with Gasteiger partial charge in [0.2, 0.25) is 11.8 Å². The summed E-state index contributed by atoms with van der Waals surface area (Å²) < 4.78 is 10.5. The number of anilines is 2. The van der Waals surface area contributed by atoms with Crippen molar-refractivity contribution in [2.24, 2.45) is 0 Å². The highest BCUT2D eigenvalue weighted by Gasteiger charge is 2.29. The molecule has 0 aliphatic carbocycles. The number of benzene rings is 5. The number of methoxy groups -OCH3 is 2. The summed E-state index contributed by atoms with van der Waals surface area (Å²) in [5.41, 5.74) is 2.01.